The van der Waals surface area contributed by atoms with Crippen LogP contribution >= 0.6 is 58.5 Å². The van der Waals surface area contributed by atoms with Crippen LogP contribution in [0.3, 0.4) is 0 Å². The minimum atomic E-state index is -5.56. The predicted molar refractivity (Wildman–Crippen MR) is 103 cm³/mol. The summed E-state index contributed by atoms with van der Waals surface area (Å²) in [6.07, 6.45) is 2.81. The smallest absolute Gasteiger partial charge is 0.320 e. The van der Waals surface area contributed by atoms with Crippen LogP contribution in [0, 0.1) is 0 Å². The molecule has 1 aliphatic rings. The van der Waals surface area contributed by atoms with E-state index >= 15 is 0 Å². The van der Waals surface area contributed by atoms with Crippen LogP contribution in [-0.4, -0.2) is 26.0 Å². The summed E-state index contributed by atoms with van der Waals surface area (Å²) in [5.74, 6) is 1.13. The van der Waals surface area contributed by atoms with Crippen molar-refractivity contribution >= 4 is 58.5 Å². The maximum Gasteiger partial charge on any atom is 0.399 e. The predicted octanol–water partition coefficient (Wildman–Crippen LogP) is 6.02. The molecule has 0 spiro atoms. The number of hydrogen-bond donors (Lipinski definition) is 2. The summed E-state index contributed by atoms with van der Waals surface area (Å²) >= 11 is 16.8. The van der Waals surface area contributed by atoms with E-state index in [9.17, 15) is 13.3 Å². The minimum absolute atomic E-state index is 0.241. The van der Waals surface area contributed by atoms with Gasteiger partial charge in [0.25, 0.3) is 0 Å². The second-order valence-corrected chi connectivity index (χ2v) is 9.95. The van der Waals surface area contributed by atoms with Gasteiger partial charge in [-0.3, -0.25) is 4.57 Å². The highest BCUT2D eigenvalue weighted by Gasteiger charge is 2.53. The summed E-state index contributed by atoms with van der Waals surface area (Å²) in [6, 6.07) is 5.25. The summed E-state index contributed by atoms with van der Waals surface area (Å²) < 4.78 is 38.7. The Labute approximate surface area is 166 Å². The molecule has 0 radical (unpaired) electrons. The zero-order chi connectivity index (χ0) is 18.8. The van der Waals surface area contributed by atoms with Gasteiger partial charge in [0.15, 0.2) is 0 Å². The lowest BCUT2D eigenvalue weighted by atomic mass is 9.99. The summed E-state index contributed by atoms with van der Waals surface area (Å²) in [6.45, 7) is 0. The molecule has 0 amide bonds. The van der Waals surface area contributed by atoms with Gasteiger partial charge in [-0.1, -0.05) is 62.9 Å². The first-order chi connectivity index (χ1) is 11.5. The summed E-state index contributed by atoms with van der Waals surface area (Å²) in [5.41, 5.74) is -3.10. The second kappa shape index (κ2) is 8.42. The van der Waals surface area contributed by atoms with Crippen LogP contribution in [0.25, 0.3) is 0 Å². The third-order valence-electron chi connectivity index (χ3n) is 3.59. The number of benzene rings is 1. The van der Waals surface area contributed by atoms with Gasteiger partial charge in [-0.2, -0.15) is 20.5 Å². The Bertz CT molecular complexity index is 747. The van der Waals surface area contributed by atoms with Crippen molar-refractivity contribution in [2.24, 2.45) is 0 Å². The average molecular weight is 494 g/mol. The van der Waals surface area contributed by atoms with Crippen LogP contribution in [-0.2, 0) is 10.3 Å². The van der Waals surface area contributed by atoms with Crippen molar-refractivity contribution in [1.82, 2.24) is 0 Å². The SMILES string of the molecule is O=P(O)(O)C(F)(F)C1=CC=C(CSCc2c(Cl)cccc2Cl)CC1Br. The standard InChI is InChI=1S/C15H14BrCl2F2O3PS/c16-12-6-9(4-5-11(12)15(19,20)24(21,22)23)7-25-8-10-13(17)2-1-3-14(10)18/h1-5,12H,6-8H2,(H2,21,22,23). The molecule has 0 fully saturated rings. The molecule has 1 atom stereocenters. The van der Waals surface area contributed by atoms with Crippen molar-refractivity contribution in [1.29, 1.82) is 0 Å². The molecule has 0 bridgehead atoms. The van der Waals surface area contributed by atoms with Crippen molar-refractivity contribution in [2.75, 3.05) is 5.75 Å². The summed E-state index contributed by atoms with van der Waals surface area (Å²) in [7, 11) is -5.56. The van der Waals surface area contributed by atoms with Gasteiger partial charge in [0.2, 0.25) is 0 Å². The van der Waals surface area contributed by atoms with E-state index in [2.05, 4.69) is 15.9 Å². The molecule has 1 aliphatic carbocycles. The maximum atomic E-state index is 13.8. The fourth-order valence-electron chi connectivity index (χ4n) is 2.24. The molecule has 1 aromatic rings. The molecular weight excluding hydrogens is 480 g/mol. The Hall–Kier alpha value is 0.120. The van der Waals surface area contributed by atoms with E-state index in [4.69, 9.17) is 33.0 Å². The molecule has 25 heavy (non-hydrogen) atoms. The highest BCUT2D eigenvalue weighted by atomic mass is 79.9. The molecule has 1 unspecified atom stereocenters. The zero-order valence-electron chi connectivity index (χ0n) is 12.6. The van der Waals surface area contributed by atoms with E-state index in [-0.39, 0.29) is 6.42 Å². The van der Waals surface area contributed by atoms with Gasteiger partial charge in [0.05, 0.1) is 0 Å². The number of alkyl halides is 3. The third kappa shape index (κ3) is 5.10. The van der Waals surface area contributed by atoms with Gasteiger partial charge in [0, 0.05) is 32.0 Å². The van der Waals surface area contributed by atoms with Gasteiger partial charge >= 0.3 is 13.3 Å². The van der Waals surface area contributed by atoms with Crippen molar-refractivity contribution in [3.05, 3.63) is 57.1 Å². The Balaban J connectivity index is 2.05. The number of hydrogen-bond acceptors (Lipinski definition) is 2. The lowest BCUT2D eigenvalue weighted by Crippen LogP contribution is -2.27. The van der Waals surface area contributed by atoms with Crippen LogP contribution in [0.5, 0.6) is 0 Å². The van der Waals surface area contributed by atoms with Crippen molar-refractivity contribution in [3.8, 4) is 0 Å². The number of rotatable bonds is 6. The molecule has 0 heterocycles. The normalized spacial score (nSPS) is 18.8. The van der Waals surface area contributed by atoms with Gasteiger partial charge in [0.1, 0.15) is 0 Å². The first kappa shape index (κ1) is 21.4. The Morgan fingerprint density at radius 1 is 1.24 bits per heavy atom. The largest absolute Gasteiger partial charge is 0.399 e. The van der Waals surface area contributed by atoms with E-state index in [1.54, 1.807) is 18.2 Å². The average Bonchev–Trinajstić information content (AvgIpc) is 2.49. The molecule has 0 aromatic heterocycles. The van der Waals surface area contributed by atoms with E-state index in [1.807, 2.05) is 0 Å². The molecule has 0 aliphatic heterocycles. The first-order valence-corrected chi connectivity index (χ1v) is 11.5. The van der Waals surface area contributed by atoms with Crippen molar-refractivity contribution in [3.63, 3.8) is 0 Å². The molecule has 1 aromatic carbocycles. The molecule has 0 saturated carbocycles. The summed E-state index contributed by atoms with van der Waals surface area (Å²) in [5, 5.41) is 1.14. The number of thioether (sulfide) groups is 1. The minimum Gasteiger partial charge on any atom is -0.320 e. The fourth-order valence-corrected chi connectivity index (χ4v) is 5.62. The molecular formula is C15H14BrCl2F2O3PS. The van der Waals surface area contributed by atoms with Crippen LogP contribution in [0.1, 0.15) is 12.0 Å². The Morgan fingerprint density at radius 3 is 2.36 bits per heavy atom. The van der Waals surface area contributed by atoms with Gasteiger partial charge in [-0.25, -0.2) is 0 Å². The number of allylic oxidation sites excluding steroid dienone is 3. The van der Waals surface area contributed by atoms with Crippen molar-refractivity contribution < 1.29 is 23.1 Å². The van der Waals surface area contributed by atoms with Gasteiger partial charge in [-0.15, -0.1) is 0 Å². The lowest BCUT2D eigenvalue weighted by Gasteiger charge is -2.27. The molecule has 3 nitrogen and oxygen atoms in total. The number of halogens is 5. The van der Waals surface area contributed by atoms with Crippen LogP contribution in [0.4, 0.5) is 8.78 Å². The lowest BCUT2D eigenvalue weighted by molar-refractivity contribution is 0.0930. The fraction of sp³-hybridized carbons (Fsp3) is 0.333. The van der Waals surface area contributed by atoms with Gasteiger partial charge < -0.3 is 9.79 Å². The molecule has 138 valence electrons. The van der Waals surface area contributed by atoms with E-state index in [0.717, 1.165) is 17.2 Å². The first-order valence-electron chi connectivity index (χ1n) is 7.02. The van der Waals surface area contributed by atoms with Crippen LogP contribution in [0.2, 0.25) is 10.0 Å². The molecule has 10 heteroatoms. The zero-order valence-corrected chi connectivity index (χ0v) is 17.4. The third-order valence-corrected chi connectivity index (χ3v) is 7.17. The molecule has 0 saturated heterocycles. The monoisotopic (exact) mass is 492 g/mol. The summed E-state index contributed by atoms with van der Waals surface area (Å²) in [4.78, 5) is 16.9. The highest BCUT2D eigenvalue weighted by molar-refractivity contribution is 9.09. The molecule has 2 N–H and O–H groups in total. The van der Waals surface area contributed by atoms with E-state index < -0.39 is 23.7 Å². The van der Waals surface area contributed by atoms with E-state index in [1.165, 1.54) is 17.8 Å². The maximum absolute atomic E-state index is 13.8. The van der Waals surface area contributed by atoms with Crippen LogP contribution < -0.4 is 0 Å². The van der Waals surface area contributed by atoms with Crippen molar-refractivity contribution in [2.45, 2.75) is 22.7 Å². The van der Waals surface area contributed by atoms with E-state index in [0.29, 0.717) is 21.6 Å². The highest BCUT2D eigenvalue weighted by Crippen LogP contribution is 2.59. The quantitative estimate of drug-likeness (QED) is 0.376. The molecule has 2 rings (SSSR count). The van der Waals surface area contributed by atoms with Crippen LogP contribution in [0.15, 0.2) is 41.5 Å². The van der Waals surface area contributed by atoms with Gasteiger partial charge in [-0.05, 0) is 24.1 Å². The Morgan fingerprint density at radius 2 is 1.84 bits per heavy atom. The second-order valence-electron chi connectivity index (χ2n) is 5.40. The topological polar surface area (TPSA) is 57.5 Å². The Kier molecular flexibility index (Phi) is 7.22.